The average molecular weight is 501 g/mol. The monoisotopic (exact) mass is 500 g/mol. The van der Waals surface area contributed by atoms with Crippen molar-refractivity contribution in [2.75, 3.05) is 11.4 Å². The van der Waals surface area contributed by atoms with E-state index in [9.17, 15) is 4.79 Å². The summed E-state index contributed by atoms with van der Waals surface area (Å²) in [6.45, 7) is 3.36. The lowest BCUT2D eigenvalue weighted by atomic mass is 10.0. The van der Waals surface area contributed by atoms with Crippen molar-refractivity contribution in [3.8, 4) is 11.1 Å². The van der Waals surface area contributed by atoms with E-state index in [0.717, 1.165) is 45.4 Å². The maximum Gasteiger partial charge on any atom is 0.233 e. The van der Waals surface area contributed by atoms with E-state index < -0.39 is 0 Å². The van der Waals surface area contributed by atoms with Crippen LogP contribution in [0, 0.1) is 6.92 Å². The number of amides is 1. The van der Waals surface area contributed by atoms with Gasteiger partial charge in [-0.2, -0.15) is 0 Å². The van der Waals surface area contributed by atoms with Crippen molar-refractivity contribution in [2.45, 2.75) is 26.3 Å². The summed E-state index contributed by atoms with van der Waals surface area (Å²) < 4.78 is 2.94. The Labute approximate surface area is 213 Å². The normalized spacial score (nSPS) is 11.1. The summed E-state index contributed by atoms with van der Waals surface area (Å²) in [5.41, 5.74) is 5.18. The Hall–Kier alpha value is -3.48. The van der Waals surface area contributed by atoms with E-state index in [2.05, 4.69) is 29.2 Å². The standard InChI is InChI=1S/C28H25ClN4OS/c1-20-8-13-24(29)27-26(20)31-28(35-27)33(16-5-15-32-17-14-30-19-32)25(34)18-21-9-11-23(12-10-21)22-6-3-2-4-7-22/h2-4,6-14,17,19H,5,15-16,18H2,1H3. The van der Waals surface area contributed by atoms with Crippen LogP contribution in [0.4, 0.5) is 5.13 Å². The molecule has 0 aliphatic carbocycles. The molecule has 0 aliphatic heterocycles. The van der Waals surface area contributed by atoms with Crippen LogP contribution < -0.4 is 4.90 Å². The zero-order valence-corrected chi connectivity index (χ0v) is 21.0. The first-order valence-electron chi connectivity index (χ1n) is 11.5. The molecule has 3 aromatic carbocycles. The molecule has 35 heavy (non-hydrogen) atoms. The minimum Gasteiger partial charge on any atom is -0.337 e. The predicted molar refractivity (Wildman–Crippen MR) is 144 cm³/mol. The Morgan fingerprint density at radius 1 is 1.03 bits per heavy atom. The minimum absolute atomic E-state index is 0.0240. The van der Waals surface area contributed by atoms with Crippen LogP contribution in [0.2, 0.25) is 5.02 Å². The number of halogens is 1. The molecule has 0 aliphatic rings. The van der Waals surface area contributed by atoms with E-state index in [1.54, 1.807) is 12.5 Å². The van der Waals surface area contributed by atoms with Crippen LogP contribution in [-0.4, -0.2) is 27.0 Å². The Morgan fingerprint density at radius 3 is 2.51 bits per heavy atom. The lowest BCUT2D eigenvalue weighted by Crippen LogP contribution is -2.33. The number of nitrogens with zero attached hydrogens (tertiary/aromatic N) is 4. The molecule has 0 bridgehead atoms. The van der Waals surface area contributed by atoms with Crippen LogP contribution in [0.15, 0.2) is 85.5 Å². The first-order chi connectivity index (χ1) is 17.1. The van der Waals surface area contributed by atoms with Gasteiger partial charge in [0.2, 0.25) is 5.91 Å². The van der Waals surface area contributed by atoms with Gasteiger partial charge < -0.3 is 4.57 Å². The van der Waals surface area contributed by atoms with Gasteiger partial charge in [0.05, 0.1) is 28.0 Å². The van der Waals surface area contributed by atoms with Gasteiger partial charge in [0.25, 0.3) is 0 Å². The zero-order valence-electron chi connectivity index (χ0n) is 19.4. The molecular formula is C28H25ClN4OS. The molecule has 0 saturated heterocycles. The van der Waals surface area contributed by atoms with Crippen LogP contribution in [0.3, 0.4) is 0 Å². The van der Waals surface area contributed by atoms with Crippen LogP contribution in [-0.2, 0) is 17.8 Å². The van der Waals surface area contributed by atoms with Gasteiger partial charge in [-0.25, -0.2) is 9.97 Å². The van der Waals surface area contributed by atoms with Gasteiger partial charge >= 0.3 is 0 Å². The molecule has 0 radical (unpaired) electrons. The molecular weight excluding hydrogens is 476 g/mol. The van der Waals surface area contributed by atoms with Gasteiger partial charge in [0.15, 0.2) is 5.13 Å². The van der Waals surface area contributed by atoms with E-state index in [1.807, 2.05) is 65.1 Å². The lowest BCUT2D eigenvalue weighted by Gasteiger charge is -2.20. The van der Waals surface area contributed by atoms with E-state index >= 15 is 0 Å². The fraction of sp³-hybridized carbons (Fsp3) is 0.179. The quantitative estimate of drug-likeness (QED) is 0.236. The average Bonchev–Trinajstić information content (AvgIpc) is 3.56. The number of fused-ring (bicyclic) bond motifs is 1. The fourth-order valence-electron chi connectivity index (χ4n) is 4.08. The molecule has 2 aromatic heterocycles. The number of carbonyl (C=O) groups is 1. The van der Waals surface area contributed by atoms with E-state index in [0.29, 0.717) is 23.1 Å². The zero-order chi connectivity index (χ0) is 24.2. The summed E-state index contributed by atoms with van der Waals surface area (Å²) in [6, 6.07) is 22.3. The summed E-state index contributed by atoms with van der Waals surface area (Å²) in [5.74, 6) is 0.0240. The van der Waals surface area contributed by atoms with Crippen LogP contribution >= 0.6 is 22.9 Å². The molecule has 176 valence electrons. The lowest BCUT2D eigenvalue weighted by molar-refractivity contribution is -0.118. The second kappa shape index (κ2) is 10.4. The third-order valence-electron chi connectivity index (χ3n) is 5.99. The van der Waals surface area contributed by atoms with Gasteiger partial charge in [0.1, 0.15) is 0 Å². The highest BCUT2D eigenvalue weighted by Crippen LogP contribution is 2.36. The molecule has 7 heteroatoms. The predicted octanol–water partition coefficient (Wildman–Crippen LogP) is 6.79. The van der Waals surface area contributed by atoms with Crippen molar-refractivity contribution in [1.82, 2.24) is 14.5 Å². The number of rotatable bonds is 8. The number of carbonyl (C=O) groups excluding carboxylic acids is 1. The molecule has 0 unspecified atom stereocenters. The molecule has 0 atom stereocenters. The Balaban J connectivity index is 1.38. The van der Waals surface area contributed by atoms with Crippen LogP contribution in [0.25, 0.3) is 21.3 Å². The summed E-state index contributed by atoms with van der Waals surface area (Å²) in [4.78, 5) is 24.3. The van der Waals surface area contributed by atoms with Gasteiger partial charge in [-0.05, 0) is 41.7 Å². The second-order valence-corrected chi connectivity index (χ2v) is 9.86. The van der Waals surface area contributed by atoms with Crippen molar-refractivity contribution in [3.05, 3.63) is 102 Å². The highest BCUT2D eigenvalue weighted by atomic mass is 35.5. The Morgan fingerprint density at radius 2 is 1.80 bits per heavy atom. The number of aryl methyl sites for hydroxylation is 2. The first-order valence-corrected chi connectivity index (χ1v) is 12.7. The molecule has 0 saturated carbocycles. The number of benzene rings is 3. The molecule has 0 N–H and O–H groups in total. The number of hydrogen-bond acceptors (Lipinski definition) is 4. The summed E-state index contributed by atoms with van der Waals surface area (Å²) in [6.07, 6.45) is 6.59. The van der Waals surface area contributed by atoms with Gasteiger partial charge in [0, 0.05) is 25.5 Å². The first kappa shape index (κ1) is 23.3. The summed E-state index contributed by atoms with van der Waals surface area (Å²) in [7, 11) is 0. The Kier molecular flexibility index (Phi) is 6.93. The van der Waals surface area contributed by atoms with Crippen molar-refractivity contribution in [2.24, 2.45) is 0 Å². The van der Waals surface area contributed by atoms with E-state index in [-0.39, 0.29) is 5.91 Å². The van der Waals surface area contributed by atoms with Crippen LogP contribution in [0.5, 0.6) is 0 Å². The highest BCUT2D eigenvalue weighted by molar-refractivity contribution is 7.23. The summed E-state index contributed by atoms with van der Waals surface area (Å²) >= 11 is 7.93. The van der Waals surface area contributed by atoms with Crippen molar-refractivity contribution in [1.29, 1.82) is 0 Å². The van der Waals surface area contributed by atoms with Gasteiger partial charge in [-0.1, -0.05) is 83.6 Å². The fourth-order valence-corrected chi connectivity index (χ4v) is 5.44. The third-order valence-corrected chi connectivity index (χ3v) is 7.53. The van der Waals surface area contributed by atoms with Crippen LogP contribution in [0.1, 0.15) is 17.5 Å². The molecule has 5 aromatic rings. The molecule has 5 nitrogen and oxygen atoms in total. The maximum atomic E-state index is 13.5. The minimum atomic E-state index is 0.0240. The second-order valence-electron chi connectivity index (χ2n) is 8.48. The molecule has 1 amide bonds. The Bertz CT molecular complexity index is 1390. The van der Waals surface area contributed by atoms with Gasteiger partial charge in [-0.15, -0.1) is 0 Å². The third kappa shape index (κ3) is 5.29. The number of hydrogen-bond donors (Lipinski definition) is 0. The summed E-state index contributed by atoms with van der Waals surface area (Å²) in [5, 5.41) is 1.35. The molecule has 0 fully saturated rings. The molecule has 0 spiro atoms. The molecule has 5 rings (SSSR count). The molecule has 2 heterocycles. The number of thiazole rings is 1. The maximum absolute atomic E-state index is 13.5. The highest BCUT2D eigenvalue weighted by Gasteiger charge is 2.21. The van der Waals surface area contributed by atoms with Crippen molar-refractivity contribution >= 4 is 44.2 Å². The smallest absolute Gasteiger partial charge is 0.233 e. The largest absolute Gasteiger partial charge is 0.337 e. The number of imidazole rings is 1. The van der Waals surface area contributed by atoms with Crippen molar-refractivity contribution in [3.63, 3.8) is 0 Å². The topological polar surface area (TPSA) is 51.0 Å². The SMILES string of the molecule is Cc1ccc(Cl)c2sc(N(CCCn3ccnc3)C(=O)Cc3ccc(-c4ccccc4)cc3)nc12. The van der Waals surface area contributed by atoms with Crippen molar-refractivity contribution < 1.29 is 4.79 Å². The number of anilines is 1. The van der Waals surface area contributed by atoms with E-state index in [1.165, 1.54) is 11.3 Å². The number of aromatic nitrogens is 3. The van der Waals surface area contributed by atoms with Gasteiger partial charge in [-0.3, -0.25) is 9.69 Å². The van der Waals surface area contributed by atoms with E-state index in [4.69, 9.17) is 16.6 Å².